The standard InChI is InChI=1S/C23H23N3O2S2/c1-13(2)14-8-10-15(11-9-14)19-12-17(24-16-6-4-5-7-18(16)30-19)20-21(27)25-23(29)26(3)22(20)28/h4-11,13,19,28H,12H2,1-3H3,(H,25,27,29)/t19-/m1/s1. The van der Waals surface area contributed by atoms with Crippen LogP contribution >= 0.6 is 24.0 Å². The normalized spacial score (nSPS) is 16.1. The van der Waals surface area contributed by atoms with Gasteiger partial charge in [-0.05, 0) is 41.4 Å². The molecular formula is C23H23N3O2S2. The molecule has 0 amide bonds. The summed E-state index contributed by atoms with van der Waals surface area (Å²) in [6.07, 6.45) is 0.508. The molecule has 0 fully saturated rings. The Labute approximate surface area is 184 Å². The number of aliphatic imine (C=N–C) groups is 1. The number of para-hydroxylation sites is 1. The van der Waals surface area contributed by atoms with Crippen LogP contribution in [0.25, 0.3) is 0 Å². The van der Waals surface area contributed by atoms with Crippen molar-refractivity contribution >= 4 is 35.4 Å². The Kier molecular flexibility index (Phi) is 5.66. The zero-order chi connectivity index (χ0) is 21.4. The van der Waals surface area contributed by atoms with Crippen molar-refractivity contribution in [2.75, 3.05) is 0 Å². The van der Waals surface area contributed by atoms with E-state index in [2.05, 4.69) is 43.1 Å². The Bertz CT molecular complexity index is 1240. The van der Waals surface area contributed by atoms with Gasteiger partial charge in [-0.3, -0.25) is 19.3 Å². The van der Waals surface area contributed by atoms with Gasteiger partial charge in [0.25, 0.3) is 5.56 Å². The molecule has 1 atom stereocenters. The average molecular weight is 438 g/mol. The Balaban J connectivity index is 1.85. The van der Waals surface area contributed by atoms with E-state index in [1.54, 1.807) is 18.8 Å². The molecule has 0 radical (unpaired) electrons. The number of hydrogen-bond acceptors (Lipinski definition) is 5. The van der Waals surface area contributed by atoms with E-state index in [0.29, 0.717) is 18.1 Å². The molecular weight excluding hydrogens is 414 g/mol. The fraction of sp³-hybridized carbons (Fsp3) is 0.261. The summed E-state index contributed by atoms with van der Waals surface area (Å²) in [6.45, 7) is 4.35. The van der Waals surface area contributed by atoms with Gasteiger partial charge < -0.3 is 5.11 Å². The van der Waals surface area contributed by atoms with Gasteiger partial charge in [-0.25, -0.2) is 0 Å². The molecule has 1 aromatic heterocycles. The van der Waals surface area contributed by atoms with Gasteiger partial charge >= 0.3 is 0 Å². The minimum Gasteiger partial charge on any atom is -0.494 e. The first-order valence-electron chi connectivity index (χ1n) is 9.81. The summed E-state index contributed by atoms with van der Waals surface area (Å²) >= 11 is 6.84. The molecule has 2 N–H and O–H groups in total. The van der Waals surface area contributed by atoms with E-state index in [0.717, 1.165) is 16.1 Å². The summed E-state index contributed by atoms with van der Waals surface area (Å²) in [5.41, 5.74) is 3.54. The van der Waals surface area contributed by atoms with Crippen LogP contribution in [0.2, 0.25) is 0 Å². The Hall–Kier alpha value is -2.64. The van der Waals surface area contributed by atoms with Crippen molar-refractivity contribution in [1.82, 2.24) is 9.55 Å². The highest BCUT2D eigenvalue weighted by atomic mass is 32.2. The number of aromatic amines is 1. The van der Waals surface area contributed by atoms with Gasteiger partial charge in [-0.15, -0.1) is 11.8 Å². The predicted octanol–water partition coefficient (Wildman–Crippen LogP) is 5.63. The maximum absolute atomic E-state index is 12.7. The summed E-state index contributed by atoms with van der Waals surface area (Å²) in [7, 11) is 1.62. The summed E-state index contributed by atoms with van der Waals surface area (Å²) in [5.74, 6) is 0.298. The summed E-state index contributed by atoms with van der Waals surface area (Å²) in [5, 5.41) is 10.8. The number of fused-ring (bicyclic) bond motifs is 1. The predicted molar refractivity (Wildman–Crippen MR) is 125 cm³/mol. The number of rotatable bonds is 3. The quantitative estimate of drug-likeness (QED) is 0.521. The van der Waals surface area contributed by atoms with Crippen LogP contribution < -0.4 is 5.56 Å². The van der Waals surface area contributed by atoms with E-state index in [1.807, 2.05) is 24.3 Å². The number of H-pyrrole nitrogens is 1. The molecule has 1 aliphatic rings. The van der Waals surface area contributed by atoms with Crippen LogP contribution in [0, 0.1) is 4.77 Å². The third-order valence-electron chi connectivity index (χ3n) is 5.33. The number of hydrogen-bond donors (Lipinski definition) is 2. The minimum absolute atomic E-state index is 0.0564. The van der Waals surface area contributed by atoms with E-state index in [1.165, 1.54) is 10.1 Å². The van der Waals surface area contributed by atoms with Gasteiger partial charge in [0, 0.05) is 23.6 Å². The third-order valence-corrected chi connectivity index (χ3v) is 7.02. The van der Waals surface area contributed by atoms with Crippen LogP contribution in [0.15, 0.2) is 63.2 Å². The van der Waals surface area contributed by atoms with E-state index in [-0.39, 0.29) is 21.5 Å². The number of benzene rings is 2. The van der Waals surface area contributed by atoms with Crippen molar-refractivity contribution in [3.8, 4) is 5.88 Å². The van der Waals surface area contributed by atoms with E-state index in [9.17, 15) is 9.90 Å². The molecule has 4 rings (SSSR count). The fourth-order valence-corrected chi connectivity index (χ4v) is 4.93. The van der Waals surface area contributed by atoms with Gasteiger partial charge in [0.2, 0.25) is 5.88 Å². The smallest absolute Gasteiger partial charge is 0.264 e. The zero-order valence-electron chi connectivity index (χ0n) is 17.0. The van der Waals surface area contributed by atoms with Gasteiger partial charge in [-0.2, -0.15) is 0 Å². The van der Waals surface area contributed by atoms with Crippen molar-refractivity contribution in [2.24, 2.45) is 12.0 Å². The van der Waals surface area contributed by atoms with E-state index < -0.39 is 5.56 Å². The largest absolute Gasteiger partial charge is 0.494 e. The minimum atomic E-state index is -0.423. The molecule has 154 valence electrons. The molecule has 0 aliphatic carbocycles. The molecule has 7 heteroatoms. The molecule has 2 aromatic carbocycles. The van der Waals surface area contributed by atoms with E-state index in [4.69, 9.17) is 17.2 Å². The highest BCUT2D eigenvalue weighted by molar-refractivity contribution is 7.99. The molecule has 30 heavy (non-hydrogen) atoms. The highest BCUT2D eigenvalue weighted by Crippen LogP contribution is 2.45. The number of thioether (sulfide) groups is 1. The second-order valence-electron chi connectivity index (χ2n) is 7.68. The monoisotopic (exact) mass is 437 g/mol. The lowest BCUT2D eigenvalue weighted by Gasteiger charge is -2.17. The van der Waals surface area contributed by atoms with Crippen molar-refractivity contribution in [3.63, 3.8) is 0 Å². The van der Waals surface area contributed by atoms with Crippen molar-refractivity contribution in [2.45, 2.75) is 36.3 Å². The summed E-state index contributed by atoms with van der Waals surface area (Å²) < 4.78 is 1.57. The van der Waals surface area contributed by atoms with Crippen molar-refractivity contribution < 1.29 is 5.11 Å². The van der Waals surface area contributed by atoms with Crippen LogP contribution in [-0.4, -0.2) is 20.4 Å². The zero-order valence-corrected chi connectivity index (χ0v) is 18.7. The number of aromatic nitrogens is 2. The maximum atomic E-state index is 12.7. The Morgan fingerprint density at radius 1 is 1.20 bits per heavy atom. The van der Waals surface area contributed by atoms with Crippen LogP contribution in [0.3, 0.4) is 0 Å². The van der Waals surface area contributed by atoms with Gasteiger partial charge in [0.05, 0.1) is 11.4 Å². The molecule has 3 aromatic rings. The van der Waals surface area contributed by atoms with Gasteiger partial charge in [0.1, 0.15) is 5.56 Å². The molecule has 0 saturated heterocycles. The van der Waals surface area contributed by atoms with Crippen molar-refractivity contribution in [3.05, 3.63) is 80.3 Å². The first kappa shape index (κ1) is 20.6. The molecule has 5 nitrogen and oxygen atoms in total. The van der Waals surface area contributed by atoms with Gasteiger partial charge in [-0.1, -0.05) is 50.2 Å². The molecule has 0 saturated carbocycles. The van der Waals surface area contributed by atoms with Crippen LogP contribution in [-0.2, 0) is 7.05 Å². The van der Waals surface area contributed by atoms with Crippen molar-refractivity contribution in [1.29, 1.82) is 0 Å². The second-order valence-corrected chi connectivity index (χ2v) is 9.31. The number of aromatic hydroxyl groups is 1. The first-order valence-corrected chi connectivity index (χ1v) is 11.1. The Morgan fingerprint density at radius 2 is 1.90 bits per heavy atom. The molecule has 2 heterocycles. The van der Waals surface area contributed by atoms with Crippen LogP contribution in [0.4, 0.5) is 5.69 Å². The SMILES string of the molecule is CC(C)c1ccc([C@H]2CC(c3c(O)n(C)c(=S)[nH]c3=O)=Nc3ccccc3S2)cc1. The number of nitrogens with zero attached hydrogens (tertiary/aromatic N) is 2. The number of nitrogens with one attached hydrogen (secondary N) is 1. The average Bonchev–Trinajstić information content (AvgIpc) is 2.92. The lowest BCUT2D eigenvalue weighted by Crippen LogP contribution is -2.23. The Morgan fingerprint density at radius 3 is 2.60 bits per heavy atom. The second kappa shape index (κ2) is 8.24. The lowest BCUT2D eigenvalue weighted by molar-refractivity contribution is 0.419. The fourth-order valence-electron chi connectivity index (χ4n) is 3.52. The summed E-state index contributed by atoms with van der Waals surface area (Å²) in [6, 6.07) is 16.5. The third kappa shape index (κ3) is 3.87. The van der Waals surface area contributed by atoms with Crippen LogP contribution in [0.5, 0.6) is 5.88 Å². The van der Waals surface area contributed by atoms with Crippen LogP contribution in [0.1, 0.15) is 48.1 Å². The molecule has 0 bridgehead atoms. The molecule has 1 aliphatic heterocycles. The maximum Gasteiger partial charge on any atom is 0.264 e. The first-order chi connectivity index (χ1) is 14.3. The van der Waals surface area contributed by atoms with E-state index >= 15 is 0 Å². The van der Waals surface area contributed by atoms with Gasteiger partial charge in [0.15, 0.2) is 4.77 Å². The lowest BCUT2D eigenvalue weighted by atomic mass is 9.98. The topological polar surface area (TPSA) is 70.4 Å². The molecule has 0 unspecified atom stereocenters. The summed E-state index contributed by atoms with van der Waals surface area (Å²) in [4.78, 5) is 21.2. The molecule has 0 spiro atoms. The highest BCUT2D eigenvalue weighted by Gasteiger charge is 2.26.